The molecule has 0 amide bonds. The topological polar surface area (TPSA) is 17.1 Å². The van der Waals surface area contributed by atoms with E-state index < -0.39 is 11.2 Å². The lowest BCUT2D eigenvalue weighted by Crippen LogP contribution is -2.25. The summed E-state index contributed by atoms with van der Waals surface area (Å²) in [7, 11) is 0. The van der Waals surface area contributed by atoms with Crippen LogP contribution in [0.4, 0.5) is 4.39 Å². The molecule has 0 heterocycles. The van der Waals surface area contributed by atoms with Crippen molar-refractivity contribution in [2.75, 3.05) is 0 Å². The van der Waals surface area contributed by atoms with Gasteiger partial charge in [-0.3, -0.25) is 4.79 Å². The first-order chi connectivity index (χ1) is 7.96. The van der Waals surface area contributed by atoms with E-state index in [-0.39, 0.29) is 16.4 Å². The van der Waals surface area contributed by atoms with Crippen LogP contribution in [-0.2, 0) is 0 Å². The second kappa shape index (κ2) is 4.69. The first-order valence-electron chi connectivity index (χ1n) is 5.64. The third-order valence-corrected chi connectivity index (χ3v) is 4.79. The van der Waals surface area contributed by atoms with Gasteiger partial charge in [-0.25, -0.2) is 4.39 Å². The van der Waals surface area contributed by atoms with Crippen LogP contribution < -0.4 is 0 Å². The zero-order valence-corrected chi connectivity index (χ0v) is 11.9. The van der Waals surface area contributed by atoms with E-state index in [9.17, 15) is 9.18 Å². The highest BCUT2D eigenvalue weighted by Gasteiger charge is 2.38. The Morgan fingerprint density at radius 3 is 2.59 bits per heavy atom. The summed E-state index contributed by atoms with van der Waals surface area (Å²) in [5.41, 5.74) is -0.305. The molecular weight excluding hydrogens is 306 g/mol. The maximum atomic E-state index is 14.0. The first kappa shape index (κ1) is 13.0. The van der Waals surface area contributed by atoms with Gasteiger partial charge >= 0.3 is 0 Å². The third-order valence-electron chi connectivity index (χ3n) is 3.54. The average molecular weight is 320 g/mol. The predicted octanol–water partition coefficient (Wildman–Crippen LogP) is 5.00. The number of hydrogen-bond acceptors (Lipinski definition) is 1. The summed E-state index contributed by atoms with van der Waals surface area (Å²) in [4.78, 5) is 12.3. The number of Topliss-reactive ketones (excluding diaryl/α,β-unsaturated/α-hetero) is 1. The van der Waals surface area contributed by atoms with Gasteiger partial charge in [-0.05, 0) is 40.9 Å². The summed E-state index contributed by atoms with van der Waals surface area (Å²) in [6.45, 7) is 1.91. The lowest BCUT2D eigenvalue weighted by Gasteiger charge is -2.22. The van der Waals surface area contributed by atoms with Gasteiger partial charge in [-0.1, -0.05) is 31.4 Å². The molecule has 0 saturated heterocycles. The Morgan fingerprint density at radius 1 is 1.41 bits per heavy atom. The van der Waals surface area contributed by atoms with Crippen molar-refractivity contribution in [2.24, 2.45) is 5.41 Å². The van der Waals surface area contributed by atoms with Gasteiger partial charge in [0.1, 0.15) is 0 Å². The van der Waals surface area contributed by atoms with E-state index in [4.69, 9.17) is 11.6 Å². The Labute approximate surface area is 113 Å². The maximum Gasteiger partial charge on any atom is 0.171 e. The van der Waals surface area contributed by atoms with Gasteiger partial charge in [0.2, 0.25) is 0 Å². The van der Waals surface area contributed by atoms with Crippen LogP contribution in [0.15, 0.2) is 16.6 Å². The normalized spacial score (nSPS) is 18.4. The highest BCUT2D eigenvalue weighted by atomic mass is 79.9. The van der Waals surface area contributed by atoms with Crippen LogP contribution in [0.3, 0.4) is 0 Å². The highest BCUT2D eigenvalue weighted by molar-refractivity contribution is 9.10. The second-order valence-electron chi connectivity index (χ2n) is 4.82. The molecule has 0 spiro atoms. The Bertz CT molecular complexity index is 467. The predicted molar refractivity (Wildman–Crippen MR) is 70.0 cm³/mol. The van der Waals surface area contributed by atoms with E-state index in [0.717, 1.165) is 25.7 Å². The number of hydrogen-bond donors (Lipinski definition) is 0. The number of carbonyl (C=O) groups excluding carboxylic acids is 1. The molecule has 0 atom stereocenters. The number of ketones is 1. The van der Waals surface area contributed by atoms with Crippen molar-refractivity contribution in [1.29, 1.82) is 0 Å². The summed E-state index contributed by atoms with van der Waals surface area (Å²) < 4.78 is 14.4. The average Bonchev–Trinajstić information content (AvgIpc) is 2.74. The van der Waals surface area contributed by atoms with E-state index in [2.05, 4.69) is 15.9 Å². The first-order valence-corrected chi connectivity index (χ1v) is 6.81. The maximum absolute atomic E-state index is 14.0. The minimum absolute atomic E-state index is 0.0163. The molecule has 1 aromatic rings. The Morgan fingerprint density at radius 2 is 2.00 bits per heavy atom. The van der Waals surface area contributed by atoms with Gasteiger partial charge in [-0.15, -0.1) is 0 Å². The fourth-order valence-electron chi connectivity index (χ4n) is 2.41. The zero-order valence-electron chi connectivity index (χ0n) is 9.53. The fourth-order valence-corrected chi connectivity index (χ4v) is 2.88. The molecule has 1 aromatic carbocycles. The molecule has 4 heteroatoms. The molecule has 1 aliphatic rings. The molecule has 1 aliphatic carbocycles. The van der Waals surface area contributed by atoms with E-state index >= 15 is 0 Å². The van der Waals surface area contributed by atoms with Crippen molar-refractivity contribution in [3.63, 3.8) is 0 Å². The lowest BCUT2D eigenvalue weighted by atomic mass is 9.81. The van der Waals surface area contributed by atoms with Crippen LogP contribution in [0.5, 0.6) is 0 Å². The number of rotatable bonds is 2. The van der Waals surface area contributed by atoms with Crippen LogP contribution in [-0.4, -0.2) is 5.78 Å². The van der Waals surface area contributed by atoms with Crippen LogP contribution in [0.1, 0.15) is 43.0 Å². The number of benzene rings is 1. The van der Waals surface area contributed by atoms with Gasteiger partial charge in [0.25, 0.3) is 0 Å². The van der Waals surface area contributed by atoms with Crippen molar-refractivity contribution in [1.82, 2.24) is 0 Å². The summed E-state index contributed by atoms with van der Waals surface area (Å²) in [5.74, 6) is -0.735. The van der Waals surface area contributed by atoms with Gasteiger partial charge in [0, 0.05) is 9.89 Å². The Kier molecular flexibility index (Phi) is 3.60. The molecule has 0 radical (unpaired) electrons. The van der Waals surface area contributed by atoms with Gasteiger partial charge in [-0.2, -0.15) is 0 Å². The van der Waals surface area contributed by atoms with Gasteiger partial charge < -0.3 is 0 Å². The van der Waals surface area contributed by atoms with Crippen molar-refractivity contribution >= 4 is 33.3 Å². The lowest BCUT2D eigenvalue weighted by molar-refractivity contribution is 0.0819. The van der Waals surface area contributed by atoms with Gasteiger partial charge in [0.15, 0.2) is 11.6 Å². The van der Waals surface area contributed by atoms with Crippen molar-refractivity contribution in [2.45, 2.75) is 32.6 Å². The molecule has 1 nitrogen and oxygen atoms in total. The minimum atomic E-state index is -0.612. The number of halogens is 3. The molecule has 1 fully saturated rings. The van der Waals surface area contributed by atoms with Crippen molar-refractivity contribution < 1.29 is 9.18 Å². The highest BCUT2D eigenvalue weighted by Crippen LogP contribution is 2.41. The second-order valence-corrected chi connectivity index (χ2v) is 6.05. The SMILES string of the molecule is CC1(C(=O)c2ccc(Br)c(Cl)c2F)CCCC1. The van der Waals surface area contributed by atoms with Crippen LogP contribution in [0, 0.1) is 11.2 Å². The molecule has 0 aliphatic heterocycles. The smallest absolute Gasteiger partial charge is 0.171 e. The van der Waals surface area contributed by atoms with Crippen molar-refractivity contribution in [3.8, 4) is 0 Å². The number of carbonyl (C=O) groups is 1. The molecule has 17 heavy (non-hydrogen) atoms. The molecule has 0 unspecified atom stereocenters. The quantitative estimate of drug-likeness (QED) is 0.553. The van der Waals surface area contributed by atoms with E-state index in [0.29, 0.717) is 4.47 Å². The summed E-state index contributed by atoms with van der Waals surface area (Å²) in [5, 5.41) is -0.0163. The van der Waals surface area contributed by atoms with Crippen LogP contribution >= 0.6 is 27.5 Å². The summed E-state index contributed by atoms with van der Waals surface area (Å²) in [6.07, 6.45) is 3.74. The van der Waals surface area contributed by atoms with Gasteiger partial charge in [0.05, 0.1) is 10.6 Å². The fraction of sp³-hybridized carbons (Fsp3) is 0.462. The van der Waals surface area contributed by atoms with Crippen LogP contribution in [0.2, 0.25) is 5.02 Å². The molecule has 2 rings (SSSR count). The molecule has 0 N–H and O–H groups in total. The standard InChI is InChI=1S/C13H13BrClFO/c1-13(6-2-3-7-13)12(17)8-4-5-9(14)10(15)11(8)16/h4-5H,2-3,6-7H2,1H3. The molecule has 0 aromatic heterocycles. The molecule has 0 bridgehead atoms. The van der Waals surface area contributed by atoms with Crippen molar-refractivity contribution in [3.05, 3.63) is 33.0 Å². The summed E-state index contributed by atoms with van der Waals surface area (Å²) in [6, 6.07) is 3.13. The van der Waals surface area contributed by atoms with E-state index in [1.165, 1.54) is 6.07 Å². The van der Waals surface area contributed by atoms with Crippen LogP contribution in [0.25, 0.3) is 0 Å². The molecule has 92 valence electrons. The largest absolute Gasteiger partial charge is 0.293 e. The minimum Gasteiger partial charge on any atom is -0.293 e. The Balaban J connectivity index is 2.41. The molecule has 1 saturated carbocycles. The third kappa shape index (κ3) is 2.27. The van der Waals surface area contributed by atoms with E-state index in [1.54, 1.807) is 6.07 Å². The zero-order chi connectivity index (χ0) is 12.6. The van der Waals surface area contributed by atoms with E-state index in [1.807, 2.05) is 6.92 Å². The monoisotopic (exact) mass is 318 g/mol. The summed E-state index contributed by atoms with van der Waals surface area (Å²) >= 11 is 8.95. The Hall–Kier alpha value is -0.410. The molecular formula is C13H13BrClFO.